The molecule has 0 radical (unpaired) electrons. The van der Waals surface area contributed by atoms with Crippen LogP contribution in [0.3, 0.4) is 0 Å². The van der Waals surface area contributed by atoms with E-state index in [2.05, 4.69) is 25.6 Å². The Hall–Kier alpha value is -3.80. The van der Waals surface area contributed by atoms with E-state index in [0.717, 1.165) is 39.0 Å². The quantitative estimate of drug-likeness (QED) is 0.491. The number of carbonyl (C=O) groups is 1. The zero-order valence-electron chi connectivity index (χ0n) is 17.4. The number of hydrogen-bond acceptors (Lipinski definition) is 5. The number of nitrogens with one attached hydrogen (secondary N) is 2. The number of fused-ring (bicyclic) bond motifs is 1. The molecule has 30 heavy (non-hydrogen) atoms. The minimum absolute atomic E-state index is 0.269. The Morgan fingerprint density at radius 2 is 1.63 bits per heavy atom. The van der Waals surface area contributed by atoms with Crippen molar-refractivity contribution in [1.82, 2.24) is 15.0 Å². The van der Waals surface area contributed by atoms with Crippen molar-refractivity contribution < 1.29 is 4.79 Å². The fourth-order valence-electron chi connectivity index (χ4n) is 3.62. The van der Waals surface area contributed by atoms with Crippen molar-refractivity contribution in [2.45, 2.75) is 27.7 Å². The summed E-state index contributed by atoms with van der Waals surface area (Å²) in [6.07, 6.45) is 1.75. The van der Waals surface area contributed by atoms with Gasteiger partial charge in [-0.1, -0.05) is 35.9 Å². The summed E-state index contributed by atoms with van der Waals surface area (Å²) in [6, 6.07) is 15.5. The van der Waals surface area contributed by atoms with Crippen LogP contribution in [0.2, 0.25) is 0 Å². The second kappa shape index (κ2) is 7.91. The van der Waals surface area contributed by atoms with Gasteiger partial charge in [0.05, 0.1) is 11.2 Å². The molecule has 6 nitrogen and oxygen atoms in total. The highest BCUT2D eigenvalue weighted by Gasteiger charge is 2.14. The van der Waals surface area contributed by atoms with E-state index < -0.39 is 0 Å². The number of amides is 1. The van der Waals surface area contributed by atoms with Crippen LogP contribution in [0.25, 0.3) is 10.9 Å². The van der Waals surface area contributed by atoms with Gasteiger partial charge in [0, 0.05) is 23.0 Å². The number of benzene rings is 2. The first-order chi connectivity index (χ1) is 14.4. The first-order valence-corrected chi connectivity index (χ1v) is 9.76. The lowest BCUT2D eigenvalue weighted by atomic mass is 10.0. The second-order valence-corrected chi connectivity index (χ2v) is 7.45. The van der Waals surface area contributed by atoms with Gasteiger partial charge >= 0.3 is 0 Å². The fraction of sp³-hybridized carbons (Fsp3) is 0.167. The van der Waals surface area contributed by atoms with Crippen molar-refractivity contribution in [3.8, 4) is 0 Å². The van der Waals surface area contributed by atoms with Gasteiger partial charge in [-0.2, -0.15) is 0 Å². The van der Waals surface area contributed by atoms with E-state index in [1.165, 1.54) is 0 Å². The predicted octanol–water partition coefficient (Wildman–Crippen LogP) is 5.25. The number of anilines is 3. The number of carbonyl (C=O) groups excluding carboxylic acids is 1. The van der Waals surface area contributed by atoms with E-state index in [4.69, 9.17) is 0 Å². The Morgan fingerprint density at radius 3 is 2.40 bits per heavy atom. The summed E-state index contributed by atoms with van der Waals surface area (Å²) in [6.45, 7) is 7.86. The molecular formula is C24H23N5O. The van der Waals surface area contributed by atoms with Crippen LogP contribution in [-0.4, -0.2) is 20.9 Å². The Bertz CT molecular complexity index is 1240. The normalized spacial score (nSPS) is 10.8. The number of pyridine rings is 1. The van der Waals surface area contributed by atoms with Crippen LogP contribution in [0.5, 0.6) is 0 Å². The Balaban J connectivity index is 1.64. The van der Waals surface area contributed by atoms with Gasteiger partial charge < -0.3 is 10.6 Å². The van der Waals surface area contributed by atoms with Gasteiger partial charge in [-0.15, -0.1) is 0 Å². The van der Waals surface area contributed by atoms with E-state index in [1.807, 2.05) is 70.2 Å². The van der Waals surface area contributed by atoms with E-state index in [1.54, 1.807) is 12.3 Å². The summed E-state index contributed by atoms with van der Waals surface area (Å²) >= 11 is 0. The van der Waals surface area contributed by atoms with Crippen LogP contribution in [0.1, 0.15) is 32.9 Å². The first kappa shape index (κ1) is 19.5. The van der Waals surface area contributed by atoms with Crippen LogP contribution in [0.15, 0.2) is 54.7 Å². The summed E-state index contributed by atoms with van der Waals surface area (Å²) in [5.41, 5.74) is 6.63. The highest BCUT2D eigenvalue weighted by Crippen LogP contribution is 2.25. The van der Waals surface area contributed by atoms with Gasteiger partial charge in [0.15, 0.2) is 0 Å². The lowest BCUT2D eigenvalue weighted by Gasteiger charge is -2.13. The van der Waals surface area contributed by atoms with E-state index >= 15 is 0 Å². The topological polar surface area (TPSA) is 79.8 Å². The molecule has 0 aliphatic rings. The molecule has 4 rings (SSSR count). The molecule has 2 aromatic carbocycles. The molecule has 0 aliphatic heterocycles. The molecule has 0 unspecified atom stereocenters. The van der Waals surface area contributed by atoms with E-state index in [0.29, 0.717) is 17.3 Å². The molecule has 0 atom stereocenters. The lowest BCUT2D eigenvalue weighted by Crippen LogP contribution is -2.17. The molecule has 0 fully saturated rings. The number of para-hydroxylation sites is 1. The maximum absolute atomic E-state index is 12.9. The predicted molar refractivity (Wildman–Crippen MR) is 120 cm³/mol. The van der Waals surface area contributed by atoms with Gasteiger partial charge in [0.2, 0.25) is 5.95 Å². The Labute approximate surface area is 175 Å². The van der Waals surface area contributed by atoms with Gasteiger partial charge in [0.25, 0.3) is 5.91 Å². The minimum Gasteiger partial charge on any atom is -0.322 e. The molecule has 4 aromatic rings. The number of aryl methyl sites for hydroxylation is 4. The molecule has 6 heteroatoms. The van der Waals surface area contributed by atoms with Crippen LogP contribution in [0.4, 0.5) is 17.3 Å². The van der Waals surface area contributed by atoms with Gasteiger partial charge in [-0.25, -0.2) is 9.97 Å². The van der Waals surface area contributed by atoms with Crippen molar-refractivity contribution in [3.05, 3.63) is 82.8 Å². The fourth-order valence-corrected chi connectivity index (χ4v) is 3.62. The smallest absolute Gasteiger partial charge is 0.274 e. The van der Waals surface area contributed by atoms with Crippen LogP contribution in [0, 0.1) is 27.7 Å². The number of aromatic nitrogens is 3. The van der Waals surface area contributed by atoms with Crippen molar-refractivity contribution in [2.75, 3.05) is 10.6 Å². The first-order valence-electron chi connectivity index (χ1n) is 9.76. The van der Waals surface area contributed by atoms with Crippen molar-refractivity contribution >= 4 is 34.1 Å². The number of hydrogen-bond donors (Lipinski definition) is 2. The summed E-state index contributed by atoms with van der Waals surface area (Å²) in [7, 11) is 0. The van der Waals surface area contributed by atoms with Crippen LogP contribution < -0.4 is 10.6 Å². The van der Waals surface area contributed by atoms with Crippen molar-refractivity contribution in [2.24, 2.45) is 0 Å². The third kappa shape index (κ3) is 3.98. The molecule has 2 heterocycles. The molecule has 0 spiro atoms. The molecule has 2 N–H and O–H groups in total. The maximum Gasteiger partial charge on any atom is 0.274 e. The molecule has 0 saturated carbocycles. The molecule has 150 valence electrons. The SMILES string of the molecule is Cc1cc(C)c(NC(=O)c2cc(C)nc(Nc3cccc4cccnc34)n2)c(C)c1. The summed E-state index contributed by atoms with van der Waals surface area (Å²) in [4.78, 5) is 26.3. The minimum atomic E-state index is -0.269. The van der Waals surface area contributed by atoms with Gasteiger partial charge in [0.1, 0.15) is 5.69 Å². The van der Waals surface area contributed by atoms with E-state index in [9.17, 15) is 4.79 Å². The standard InChI is InChI=1S/C24H23N5O/c1-14-11-15(2)21(16(3)12-14)29-23(30)20-13-17(4)26-24(28-20)27-19-9-5-7-18-8-6-10-25-22(18)19/h5-13H,1-4H3,(H,29,30)(H,26,27,28). The average Bonchev–Trinajstić information content (AvgIpc) is 2.70. The molecule has 0 saturated heterocycles. The summed E-state index contributed by atoms with van der Waals surface area (Å²) < 4.78 is 0. The van der Waals surface area contributed by atoms with Gasteiger partial charge in [-0.3, -0.25) is 9.78 Å². The van der Waals surface area contributed by atoms with Crippen molar-refractivity contribution in [3.63, 3.8) is 0 Å². The molecule has 0 bridgehead atoms. The summed E-state index contributed by atoms with van der Waals surface area (Å²) in [5.74, 6) is 0.0882. The molecule has 0 aliphatic carbocycles. The maximum atomic E-state index is 12.9. The molecular weight excluding hydrogens is 374 g/mol. The zero-order valence-corrected chi connectivity index (χ0v) is 17.4. The summed E-state index contributed by atoms with van der Waals surface area (Å²) in [5, 5.41) is 7.23. The Kier molecular flexibility index (Phi) is 5.14. The van der Waals surface area contributed by atoms with E-state index in [-0.39, 0.29) is 5.91 Å². The monoisotopic (exact) mass is 397 g/mol. The molecule has 1 amide bonds. The van der Waals surface area contributed by atoms with Crippen molar-refractivity contribution in [1.29, 1.82) is 0 Å². The molecule has 2 aromatic heterocycles. The zero-order chi connectivity index (χ0) is 21.3. The highest BCUT2D eigenvalue weighted by atomic mass is 16.1. The van der Waals surface area contributed by atoms with Gasteiger partial charge in [-0.05, 0) is 57.0 Å². The second-order valence-electron chi connectivity index (χ2n) is 7.45. The third-order valence-electron chi connectivity index (χ3n) is 4.88. The number of rotatable bonds is 4. The van der Waals surface area contributed by atoms with Crippen LogP contribution >= 0.6 is 0 Å². The van der Waals surface area contributed by atoms with Crippen LogP contribution in [-0.2, 0) is 0 Å². The third-order valence-corrected chi connectivity index (χ3v) is 4.88. The number of nitrogens with zero attached hydrogens (tertiary/aromatic N) is 3. The largest absolute Gasteiger partial charge is 0.322 e. The highest BCUT2D eigenvalue weighted by molar-refractivity contribution is 6.04. The average molecular weight is 397 g/mol. The Morgan fingerprint density at radius 1 is 0.900 bits per heavy atom. The lowest BCUT2D eigenvalue weighted by molar-refractivity contribution is 0.102.